The summed E-state index contributed by atoms with van der Waals surface area (Å²) in [4.78, 5) is 0. The molecule has 0 aliphatic carbocycles. The summed E-state index contributed by atoms with van der Waals surface area (Å²) in [6.45, 7) is 1.00. The minimum absolute atomic E-state index is 0.0539. The summed E-state index contributed by atoms with van der Waals surface area (Å²) >= 11 is 5.61. The zero-order valence-corrected chi connectivity index (χ0v) is 9.06. The average molecular weight is 242 g/mol. The minimum Gasteiger partial charge on any atom is -0.492 e. The van der Waals surface area contributed by atoms with Crippen molar-refractivity contribution in [1.29, 1.82) is 0 Å². The molecule has 0 amide bonds. The molecule has 16 heavy (non-hydrogen) atoms. The zero-order valence-electron chi connectivity index (χ0n) is 8.31. The average Bonchev–Trinajstić information content (AvgIpc) is 2.76. The summed E-state index contributed by atoms with van der Waals surface area (Å²) in [6, 6.07) is 4.24. The van der Waals surface area contributed by atoms with Crippen LogP contribution in [0.2, 0.25) is 5.02 Å². The van der Waals surface area contributed by atoms with Crippen molar-refractivity contribution in [2.24, 2.45) is 0 Å². The molecular weight excluding hydrogens is 233 g/mol. The van der Waals surface area contributed by atoms with E-state index in [2.05, 4.69) is 10.3 Å². The van der Waals surface area contributed by atoms with Crippen molar-refractivity contribution in [2.75, 3.05) is 6.61 Å². The summed E-state index contributed by atoms with van der Waals surface area (Å²) in [5.41, 5.74) is 0. The molecule has 2 aromatic rings. The van der Waals surface area contributed by atoms with Crippen molar-refractivity contribution in [1.82, 2.24) is 15.0 Å². The Bertz CT molecular complexity index is 461. The van der Waals surface area contributed by atoms with Crippen LogP contribution in [-0.2, 0) is 6.54 Å². The Balaban J connectivity index is 1.87. The first-order chi connectivity index (χ1) is 7.75. The fourth-order valence-electron chi connectivity index (χ4n) is 1.18. The van der Waals surface area contributed by atoms with Crippen LogP contribution < -0.4 is 4.74 Å². The molecule has 1 heterocycles. The highest BCUT2D eigenvalue weighted by Gasteiger charge is 2.01. The van der Waals surface area contributed by atoms with Gasteiger partial charge in [-0.15, -0.1) is 5.10 Å². The molecule has 0 spiro atoms. The maximum atomic E-state index is 12.8. The summed E-state index contributed by atoms with van der Waals surface area (Å²) in [7, 11) is 0. The summed E-state index contributed by atoms with van der Waals surface area (Å²) in [5, 5.41) is 7.49. The van der Waals surface area contributed by atoms with Gasteiger partial charge in [0.15, 0.2) is 0 Å². The number of ether oxygens (including phenoxy) is 1. The molecule has 1 aromatic heterocycles. The van der Waals surface area contributed by atoms with E-state index in [-0.39, 0.29) is 5.02 Å². The van der Waals surface area contributed by atoms with Crippen molar-refractivity contribution in [2.45, 2.75) is 6.54 Å². The van der Waals surface area contributed by atoms with Gasteiger partial charge in [0.25, 0.3) is 0 Å². The number of aromatic nitrogens is 3. The number of halogens is 2. The van der Waals surface area contributed by atoms with E-state index in [4.69, 9.17) is 16.3 Å². The molecule has 0 radical (unpaired) electrons. The lowest BCUT2D eigenvalue weighted by atomic mass is 10.3. The van der Waals surface area contributed by atoms with Crippen LogP contribution in [0.25, 0.3) is 0 Å². The van der Waals surface area contributed by atoms with Gasteiger partial charge in [-0.1, -0.05) is 16.8 Å². The van der Waals surface area contributed by atoms with E-state index in [1.54, 1.807) is 17.1 Å². The first-order valence-corrected chi connectivity index (χ1v) is 5.05. The normalized spacial score (nSPS) is 10.4. The molecule has 2 rings (SSSR count). The lowest BCUT2D eigenvalue weighted by molar-refractivity contribution is 0.289. The maximum Gasteiger partial charge on any atom is 0.142 e. The minimum atomic E-state index is -0.453. The molecule has 0 saturated carbocycles. The molecule has 0 N–H and O–H groups in total. The fourth-order valence-corrected chi connectivity index (χ4v) is 1.35. The number of hydrogen-bond donors (Lipinski definition) is 0. The molecule has 0 saturated heterocycles. The SMILES string of the molecule is Fc1ccc(OCCn2ccnn2)cc1Cl. The Kier molecular flexibility index (Phi) is 3.36. The molecule has 6 heteroatoms. The Hall–Kier alpha value is -1.62. The van der Waals surface area contributed by atoms with E-state index >= 15 is 0 Å². The molecule has 0 bridgehead atoms. The Morgan fingerprint density at radius 1 is 1.44 bits per heavy atom. The van der Waals surface area contributed by atoms with Gasteiger partial charge in [-0.3, -0.25) is 0 Å². The van der Waals surface area contributed by atoms with Crippen LogP contribution in [0.15, 0.2) is 30.6 Å². The van der Waals surface area contributed by atoms with Crippen LogP contribution in [0.4, 0.5) is 4.39 Å². The number of benzene rings is 1. The van der Waals surface area contributed by atoms with Gasteiger partial charge in [-0.05, 0) is 12.1 Å². The van der Waals surface area contributed by atoms with Crippen LogP contribution >= 0.6 is 11.6 Å². The molecule has 0 fully saturated rings. The van der Waals surface area contributed by atoms with Gasteiger partial charge in [0.05, 0.1) is 17.8 Å². The van der Waals surface area contributed by atoms with Gasteiger partial charge in [-0.25, -0.2) is 9.07 Å². The molecule has 0 atom stereocenters. The Morgan fingerprint density at radius 2 is 2.31 bits per heavy atom. The second-order valence-electron chi connectivity index (χ2n) is 3.09. The second-order valence-corrected chi connectivity index (χ2v) is 3.50. The molecule has 0 unspecified atom stereocenters. The van der Waals surface area contributed by atoms with E-state index in [1.807, 2.05) is 0 Å². The smallest absolute Gasteiger partial charge is 0.142 e. The summed E-state index contributed by atoms with van der Waals surface area (Å²) < 4.78 is 19.9. The molecule has 0 aliphatic rings. The summed E-state index contributed by atoms with van der Waals surface area (Å²) in [6.07, 6.45) is 3.33. The number of rotatable bonds is 4. The topological polar surface area (TPSA) is 39.9 Å². The number of hydrogen-bond acceptors (Lipinski definition) is 3. The van der Waals surface area contributed by atoms with Gasteiger partial charge in [0.1, 0.15) is 18.2 Å². The van der Waals surface area contributed by atoms with E-state index in [1.165, 1.54) is 18.2 Å². The van der Waals surface area contributed by atoms with E-state index in [0.717, 1.165) is 0 Å². The summed E-state index contributed by atoms with van der Waals surface area (Å²) in [5.74, 6) is 0.0804. The largest absolute Gasteiger partial charge is 0.492 e. The van der Waals surface area contributed by atoms with Crippen LogP contribution in [0.5, 0.6) is 5.75 Å². The Labute approximate surface area is 96.6 Å². The zero-order chi connectivity index (χ0) is 11.4. The maximum absolute atomic E-state index is 12.8. The Morgan fingerprint density at radius 3 is 3.00 bits per heavy atom. The van der Waals surface area contributed by atoms with Crippen molar-refractivity contribution in [3.05, 3.63) is 41.4 Å². The third-order valence-corrected chi connectivity index (χ3v) is 2.24. The predicted octanol–water partition coefficient (Wildman–Crippen LogP) is 2.15. The van der Waals surface area contributed by atoms with Crippen molar-refractivity contribution >= 4 is 11.6 Å². The molecular formula is C10H9ClFN3O. The number of nitrogens with zero attached hydrogens (tertiary/aromatic N) is 3. The van der Waals surface area contributed by atoms with Gasteiger partial charge in [0.2, 0.25) is 0 Å². The molecule has 1 aromatic carbocycles. The van der Waals surface area contributed by atoms with Gasteiger partial charge < -0.3 is 4.74 Å². The lowest BCUT2D eigenvalue weighted by Crippen LogP contribution is -2.08. The van der Waals surface area contributed by atoms with Crippen LogP contribution in [-0.4, -0.2) is 21.6 Å². The highest BCUT2D eigenvalue weighted by molar-refractivity contribution is 6.30. The van der Waals surface area contributed by atoms with E-state index in [0.29, 0.717) is 18.9 Å². The standard InChI is InChI=1S/C10H9ClFN3O/c11-9-7-8(1-2-10(9)12)16-6-5-15-4-3-13-14-15/h1-4,7H,5-6H2. The van der Waals surface area contributed by atoms with Crippen molar-refractivity contribution in [3.8, 4) is 5.75 Å². The predicted molar refractivity (Wildman–Crippen MR) is 56.9 cm³/mol. The first kappa shape index (κ1) is 10.9. The third kappa shape index (κ3) is 2.70. The van der Waals surface area contributed by atoms with Crippen LogP contribution in [0, 0.1) is 5.82 Å². The van der Waals surface area contributed by atoms with Crippen molar-refractivity contribution < 1.29 is 9.13 Å². The third-order valence-electron chi connectivity index (χ3n) is 1.95. The van der Waals surface area contributed by atoms with E-state index < -0.39 is 5.82 Å². The van der Waals surface area contributed by atoms with Crippen LogP contribution in [0.1, 0.15) is 0 Å². The van der Waals surface area contributed by atoms with Gasteiger partial charge >= 0.3 is 0 Å². The quantitative estimate of drug-likeness (QED) is 0.824. The fraction of sp³-hybridized carbons (Fsp3) is 0.200. The second kappa shape index (κ2) is 4.94. The van der Waals surface area contributed by atoms with Gasteiger partial charge in [-0.2, -0.15) is 0 Å². The van der Waals surface area contributed by atoms with Gasteiger partial charge in [0, 0.05) is 12.3 Å². The highest BCUT2D eigenvalue weighted by Crippen LogP contribution is 2.20. The van der Waals surface area contributed by atoms with Crippen LogP contribution in [0.3, 0.4) is 0 Å². The molecule has 4 nitrogen and oxygen atoms in total. The van der Waals surface area contributed by atoms with E-state index in [9.17, 15) is 4.39 Å². The monoisotopic (exact) mass is 241 g/mol. The lowest BCUT2D eigenvalue weighted by Gasteiger charge is -2.06. The highest BCUT2D eigenvalue weighted by atomic mass is 35.5. The first-order valence-electron chi connectivity index (χ1n) is 4.67. The van der Waals surface area contributed by atoms with Crippen molar-refractivity contribution in [3.63, 3.8) is 0 Å². The molecule has 84 valence electrons. The molecule has 0 aliphatic heterocycles.